The molecule has 1 saturated heterocycles. The van der Waals surface area contributed by atoms with Gasteiger partial charge in [-0.25, -0.2) is 18.7 Å². The summed E-state index contributed by atoms with van der Waals surface area (Å²) >= 11 is 1.000. The lowest BCUT2D eigenvalue weighted by molar-refractivity contribution is 0.0118. The molecule has 0 bridgehead atoms. The van der Waals surface area contributed by atoms with Crippen LogP contribution in [0.25, 0.3) is 10.4 Å². The Balaban J connectivity index is 2.03. The summed E-state index contributed by atoms with van der Waals surface area (Å²) in [6.07, 6.45) is 2.10. The summed E-state index contributed by atoms with van der Waals surface area (Å²) < 4.78 is 28.0. The first-order valence-electron chi connectivity index (χ1n) is 11.3. The summed E-state index contributed by atoms with van der Waals surface area (Å²) in [6.45, 7) is 8.20. The van der Waals surface area contributed by atoms with Crippen molar-refractivity contribution in [1.29, 1.82) is 0 Å². The molecule has 11 heteroatoms. The molecule has 2 aromatic rings. The number of aromatic nitrogens is 2. The van der Waals surface area contributed by atoms with Gasteiger partial charge in [-0.1, -0.05) is 6.92 Å². The highest BCUT2D eigenvalue weighted by Crippen LogP contribution is 2.37. The molecule has 34 heavy (non-hydrogen) atoms. The number of nitrogens with zero attached hydrogens (tertiary/aromatic N) is 3. The smallest absolute Gasteiger partial charge is 0.280 e. The molecule has 0 unspecified atom stereocenters. The number of aliphatic hydroxyl groups excluding tert-OH is 1. The summed E-state index contributed by atoms with van der Waals surface area (Å²) in [5.74, 6) is -3.49. The number of hydrogen-bond donors (Lipinski definition) is 3. The highest BCUT2D eigenvalue weighted by molar-refractivity contribution is 7.17. The molecule has 0 aliphatic carbocycles. The second-order valence-corrected chi connectivity index (χ2v) is 9.93. The molecular formula is C23H31F2N5O3S. The Kier molecular flexibility index (Phi) is 7.87. The minimum absolute atomic E-state index is 0.0125. The average molecular weight is 496 g/mol. The molecular weight excluding hydrogens is 464 g/mol. The van der Waals surface area contributed by atoms with Crippen molar-refractivity contribution in [2.24, 2.45) is 0 Å². The van der Waals surface area contributed by atoms with E-state index in [9.17, 15) is 23.5 Å². The number of anilines is 1. The van der Waals surface area contributed by atoms with E-state index in [1.54, 1.807) is 20.0 Å². The lowest BCUT2D eigenvalue weighted by Crippen LogP contribution is -2.36. The normalized spacial score (nSPS) is 19.1. The van der Waals surface area contributed by atoms with Gasteiger partial charge in [-0.05, 0) is 45.7 Å². The van der Waals surface area contributed by atoms with Gasteiger partial charge in [-0.15, -0.1) is 11.3 Å². The Hall–Kier alpha value is -2.66. The van der Waals surface area contributed by atoms with Crippen molar-refractivity contribution in [3.63, 3.8) is 0 Å². The largest absolute Gasteiger partial charge is 0.394 e. The number of halogens is 2. The number of nitrogens with one attached hydrogen (secondary N) is 2. The Morgan fingerprint density at radius 2 is 2.06 bits per heavy atom. The summed E-state index contributed by atoms with van der Waals surface area (Å²) in [5, 5.41) is 15.2. The van der Waals surface area contributed by atoms with Crippen molar-refractivity contribution >= 4 is 29.0 Å². The van der Waals surface area contributed by atoms with Crippen LogP contribution in [0.1, 0.15) is 66.4 Å². The van der Waals surface area contributed by atoms with Crippen LogP contribution in [-0.4, -0.2) is 69.0 Å². The quantitative estimate of drug-likeness (QED) is 0.516. The summed E-state index contributed by atoms with van der Waals surface area (Å²) in [6, 6.07) is 0.895. The number of pyridine rings is 1. The van der Waals surface area contributed by atoms with Crippen molar-refractivity contribution in [2.75, 3.05) is 18.5 Å². The fraction of sp³-hybridized carbons (Fsp3) is 0.565. The lowest BCUT2D eigenvalue weighted by atomic mass is 10.1. The van der Waals surface area contributed by atoms with Gasteiger partial charge in [0.05, 0.1) is 18.0 Å². The van der Waals surface area contributed by atoms with Gasteiger partial charge in [0.25, 0.3) is 17.7 Å². The molecule has 1 aliphatic rings. The average Bonchev–Trinajstić information content (AvgIpc) is 3.33. The molecule has 2 amide bonds. The number of amides is 2. The lowest BCUT2D eigenvalue weighted by Gasteiger charge is -2.20. The van der Waals surface area contributed by atoms with E-state index in [1.165, 1.54) is 0 Å². The second kappa shape index (κ2) is 10.3. The predicted octanol–water partition coefficient (Wildman–Crippen LogP) is 3.70. The molecule has 0 aromatic carbocycles. The van der Waals surface area contributed by atoms with Crippen LogP contribution in [0.15, 0.2) is 12.3 Å². The van der Waals surface area contributed by atoms with Crippen LogP contribution < -0.4 is 10.6 Å². The Morgan fingerprint density at radius 3 is 2.62 bits per heavy atom. The number of aliphatic hydroxyl groups is 1. The van der Waals surface area contributed by atoms with Gasteiger partial charge in [-0.3, -0.25) is 9.59 Å². The number of rotatable bonds is 8. The zero-order valence-electron chi connectivity index (χ0n) is 20.0. The van der Waals surface area contributed by atoms with Crippen LogP contribution in [-0.2, 0) is 0 Å². The first-order valence-corrected chi connectivity index (χ1v) is 12.1. The minimum atomic E-state index is -2.97. The third kappa shape index (κ3) is 5.69. The fourth-order valence-corrected chi connectivity index (χ4v) is 4.76. The zero-order chi connectivity index (χ0) is 25.2. The van der Waals surface area contributed by atoms with E-state index in [1.807, 2.05) is 19.9 Å². The maximum atomic E-state index is 14.0. The van der Waals surface area contributed by atoms with Gasteiger partial charge in [0.1, 0.15) is 11.5 Å². The van der Waals surface area contributed by atoms with Crippen LogP contribution >= 0.6 is 11.3 Å². The first-order chi connectivity index (χ1) is 16.0. The number of likely N-dealkylation sites (tertiary alicyclic amines) is 1. The van der Waals surface area contributed by atoms with Crippen LogP contribution in [0.5, 0.6) is 0 Å². The van der Waals surface area contributed by atoms with Gasteiger partial charge in [0.15, 0.2) is 5.01 Å². The molecule has 0 spiro atoms. The van der Waals surface area contributed by atoms with E-state index < -0.39 is 42.8 Å². The molecule has 0 radical (unpaired) electrons. The van der Waals surface area contributed by atoms with Crippen molar-refractivity contribution in [3.8, 4) is 10.4 Å². The van der Waals surface area contributed by atoms with Crippen molar-refractivity contribution < 1.29 is 23.5 Å². The van der Waals surface area contributed by atoms with E-state index in [0.29, 0.717) is 16.3 Å². The molecule has 2 aromatic heterocycles. The van der Waals surface area contributed by atoms with E-state index in [0.717, 1.165) is 28.2 Å². The van der Waals surface area contributed by atoms with E-state index >= 15 is 0 Å². The van der Waals surface area contributed by atoms with E-state index in [2.05, 4.69) is 27.5 Å². The molecule has 186 valence electrons. The summed E-state index contributed by atoms with van der Waals surface area (Å²) in [5.41, 5.74) is 1.35. The molecule has 1 aliphatic heterocycles. The zero-order valence-corrected chi connectivity index (χ0v) is 20.8. The minimum Gasteiger partial charge on any atom is -0.394 e. The number of alkyl halides is 2. The van der Waals surface area contributed by atoms with Crippen LogP contribution in [0.2, 0.25) is 0 Å². The Bertz CT molecular complexity index is 1060. The highest BCUT2D eigenvalue weighted by atomic mass is 32.1. The third-order valence-corrected chi connectivity index (χ3v) is 6.91. The van der Waals surface area contributed by atoms with Gasteiger partial charge in [0.2, 0.25) is 0 Å². The highest BCUT2D eigenvalue weighted by Gasteiger charge is 2.46. The SMILES string of the molecule is CC[C@@H](C)Nc1cc(C)c(-c2sc(C(=O)N[C@H](C)CO)nc2C(=O)N2CC(F)(F)C[C@@H]2C)cn1. The number of carbonyl (C=O) groups is 2. The third-order valence-electron chi connectivity index (χ3n) is 5.83. The van der Waals surface area contributed by atoms with Crippen LogP contribution in [0.3, 0.4) is 0 Å². The molecule has 8 nitrogen and oxygen atoms in total. The maximum Gasteiger partial charge on any atom is 0.280 e. The predicted molar refractivity (Wildman–Crippen MR) is 128 cm³/mol. The van der Waals surface area contributed by atoms with Gasteiger partial charge >= 0.3 is 0 Å². The molecule has 3 rings (SSSR count). The number of aryl methyl sites for hydroxylation is 1. The van der Waals surface area contributed by atoms with Crippen LogP contribution in [0.4, 0.5) is 14.6 Å². The first kappa shape index (κ1) is 26.0. The van der Waals surface area contributed by atoms with Gasteiger partial charge in [-0.2, -0.15) is 0 Å². The molecule has 3 N–H and O–H groups in total. The van der Waals surface area contributed by atoms with E-state index in [4.69, 9.17) is 0 Å². The Labute approximate surface area is 201 Å². The van der Waals surface area contributed by atoms with Crippen molar-refractivity contribution in [1.82, 2.24) is 20.2 Å². The van der Waals surface area contributed by atoms with Gasteiger partial charge < -0.3 is 20.6 Å². The summed E-state index contributed by atoms with van der Waals surface area (Å²) in [4.78, 5) is 36.2. The molecule has 1 fully saturated rings. The molecule has 3 atom stereocenters. The van der Waals surface area contributed by atoms with Crippen molar-refractivity contribution in [2.45, 2.75) is 71.5 Å². The maximum absolute atomic E-state index is 14.0. The van der Waals surface area contributed by atoms with Crippen molar-refractivity contribution in [3.05, 3.63) is 28.5 Å². The monoisotopic (exact) mass is 495 g/mol. The van der Waals surface area contributed by atoms with Gasteiger partial charge in [0, 0.05) is 36.3 Å². The second-order valence-electron chi connectivity index (χ2n) is 8.93. The summed E-state index contributed by atoms with van der Waals surface area (Å²) in [7, 11) is 0. The fourth-order valence-electron chi connectivity index (χ4n) is 3.72. The molecule has 0 saturated carbocycles. The number of carbonyl (C=O) groups excluding carboxylic acids is 2. The standard InChI is InChI=1S/C23H31F2N5O3S/c1-6-13(3)27-17-7-12(2)16(9-26-17)19-18(22(33)30-11-23(24,25)8-15(30)5)29-21(34-19)20(32)28-14(4)10-31/h7,9,13-15,31H,6,8,10-11H2,1-5H3,(H,26,27)(H,28,32)/t13-,14-,15+/m1/s1. The topological polar surface area (TPSA) is 107 Å². The van der Waals surface area contributed by atoms with E-state index in [-0.39, 0.29) is 23.4 Å². The Morgan fingerprint density at radius 1 is 1.35 bits per heavy atom. The number of thiazole rings is 1. The number of hydrogen-bond acceptors (Lipinski definition) is 7. The molecule has 3 heterocycles. The van der Waals surface area contributed by atoms with Crippen LogP contribution in [0, 0.1) is 6.92 Å².